The first-order chi connectivity index (χ1) is 12.3. The molecular weight excluding hydrogens is 379 g/mol. The minimum absolute atomic E-state index is 0.0946. The SMILES string of the molecule is COCCN1C(=O)C(C)=C(C)[C@@H]1N[C@H](C(=O)OC)c1ccc(Cl)cc1Cl. The van der Waals surface area contributed by atoms with Crippen molar-refractivity contribution in [2.24, 2.45) is 0 Å². The van der Waals surface area contributed by atoms with E-state index in [1.54, 1.807) is 37.1 Å². The molecule has 0 bridgehead atoms. The summed E-state index contributed by atoms with van der Waals surface area (Å²) in [6.07, 6.45) is -0.464. The zero-order valence-electron chi connectivity index (χ0n) is 15.1. The van der Waals surface area contributed by atoms with Gasteiger partial charge in [-0.1, -0.05) is 29.3 Å². The first-order valence-electron chi connectivity index (χ1n) is 8.07. The molecule has 1 heterocycles. The second kappa shape index (κ2) is 8.86. The molecule has 1 aromatic rings. The number of hydrogen-bond donors (Lipinski definition) is 1. The summed E-state index contributed by atoms with van der Waals surface area (Å²) in [7, 11) is 2.87. The summed E-state index contributed by atoms with van der Waals surface area (Å²) in [5.41, 5.74) is 2.01. The predicted molar refractivity (Wildman–Crippen MR) is 100 cm³/mol. The van der Waals surface area contributed by atoms with E-state index in [0.717, 1.165) is 5.57 Å². The van der Waals surface area contributed by atoms with Crippen molar-refractivity contribution in [3.05, 3.63) is 45.0 Å². The molecule has 1 aliphatic heterocycles. The van der Waals surface area contributed by atoms with Crippen LogP contribution >= 0.6 is 23.2 Å². The average Bonchev–Trinajstić information content (AvgIpc) is 2.81. The third-order valence-corrected chi connectivity index (χ3v) is 5.03. The van der Waals surface area contributed by atoms with Crippen LogP contribution in [0.15, 0.2) is 29.3 Å². The Morgan fingerprint density at radius 1 is 1.31 bits per heavy atom. The van der Waals surface area contributed by atoms with Crippen LogP contribution in [0.5, 0.6) is 0 Å². The van der Waals surface area contributed by atoms with E-state index < -0.39 is 18.2 Å². The summed E-state index contributed by atoms with van der Waals surface area (Å²) in [6.45, 7) is 4.40. The van der Waals surface area contributed by atoms with Crippen LogP contribution in [0.2, 0.25) is 10.0 Å². The van der Waals surface area contributed by atoms with E-state index >= 15 is 0 Å². The van der Waals surface area contributed by atoms with Crippen LogP contribution in [0.25, 0.3) is 0 Å². The summed E-state index contributed by atoms with van der Waals surface area (Å²) >= 11 is 12.2. The molecular formula is C18H22Cl2N2O4. The molecule has 0 fully saturated rings. The summed E-state index contributed by atoms with van der Waals surface area (Å²) in [6, 6.07) is 4.03. The van der Waals surface area contributed by atoms with Crippen LogP contribution in [0.4, 0.5) is 0 Å². The standard InChI is InChI=1S/C18H22Cl2N2O4/c1-10-11(2)17(23)22(7-8-25-3)16(10)21-15(18(24)26-4)13-6-5-12(19)9-14(13)20/h5-6,9,15-16,21H,7-8H2,1-4H3/t15-,16+/m0/s1. The van der Waals surface area contributed by atoms with Gasteiger partial charge in [-0.05, 0) is 37.1 Å². The van der Waals surface area contributed by atoms with Crippen molar-refractivity contribution in [3.8, 4) is 0 Å². The number of esters is 1. The van der Waals surface area contributed by atoms with Gasteiger partial charge in [0.1, 0.15) is 12.2 Å². The average molecular weight is 401 g/mol. The van der Waals surface area contributed by atoms with Crippen molar-refractivity contribution in [2.45, 2.75) is 26.1 Å². The normalized spacial score (nSPS) is 18.5. The Kier molecular flexibility index (Phi) is 7.06. The molecule has 8 heteroatoms. The molecule has 0 saturated heterocycles. The van der Waals surface area contributed by atoms with Crippen LogP contribution < -0.4 is 5.32 Å². The van der Waals surface area contributed by atoms with Crippen molar-refractivity contribution in [1.29, 1.82) is 0 Å². The van der Waals surface area contributed by atoms with Gasteiger partial charge >= 0.3 is 5.97 Å². The van der Waals surface area contributed by atoms with Gasteiger partial charge in [-0.15, -0.1) is 0 Å². The highest BCUT2D eigenvalue weighted by atomic mass is 35.5. The smallest absolute Gasteiger partial charge is 0.327 e. The van der Waals surface area contributed by atoms with Crippen LogP contribution in [-0.2, 0) is 19.1 Å². The number of carbonyl (C=O) groups is 2. The van der Waals surface area contributed by atoms with Crippen molar-refractivity contribution < 1.29 is 19.1 Å². The van der Waals surface area contributed by atoms with Gasteiger partial charge in [-0.2, -0.15) is 0 Å². The van der Waals surface area contributed by atoms with Crippen LogP contribution in [0.3, 0.4) is 0 Å². The van der Waals surface area contributed by atoms with Crippen molar-refractivity contribution >= 4 is 35.1 Å². The molecule has 1 amide bonds. The molecule has 0 unspecified atom stereocenters. The maximum absolute atomic E-state index is 12.5. The number of hydrogen-bond acceptors (Lipinski definition) is 5. The Morgan fingerprint density at radius 3 is 2.58 bits per heavy atom. The van der Waals surface area contributed by atoms with Crippen LogP contribution in [-0.4, -0.2) is 50.3 Å². The highest BCUT2D eigenvalue weighted by Gasteiger charge is 2.38. The molecule has 0 aromatic heterocycles. The minimum atomic E-state index is -0.853. The third-order valence-electron chi connectivity index (χ3n) is 4.47. The fourth-order valence-electron chi connectivity index (χ4n) is 2.87. The Hall–Kier alpha value is -1.60. The molecule has 0 radical (unpaired) electrons. The number of amides is 1. The first kappa shape index (κ1) is 20.7. The highest BCUT2D eigenvalue weighted by Crippen LogP contribution is 2.30. The molecule has 1 aromatic carbocycles. The maximum atomic E-state index is 12.5. The Balaban J connectivity index is 2.37. The molecule has 6 nitrogen and oxygen atoms in total. The lowest BCUT2D eigenvalue weighted by molar-refractivity contribution is -0.144. The van der Waals surface area contributed by atoms with Crippen molar-refractivity contribution in [1.82, 2.24) is 10.2 Å². The van der Waals surface area contributed by atoms with E-state index in [1.807, 2.05) is 6.92 Å². The van der Waals surface area contributed by atoms with Gasteiger partial charge in [0.05, 0.1) is 13.7 Å². The fourth-order valence-corrected chi connectivity index (χ4v) is 3.39. The lowest BCUT2D eigenvalue weighted by Crippen LogP contribution is -2.49. The number of carbonyl (C=O) groups excluding carboxylic acids is 2. The topological polar surface area (TPSA) is 67.9 Å². The molecule has 0 aliphatic carbocycles. The predicted octanol–water partition coefficient (Wildman–Crippen LogP) is 2.95. The summed E-state index contributed by atoms with van der Waals surface area (Å²) in [4.78, 5) is 26.6. The molecule has 2 atom stereocenters. The number of methoxy groups -OCH3 is 2. The fraction of sp³-hybridized carbons (Fsp3) is 0.444. The number of nitrogens with one attached hydrogen (secondary N) is 1. The zero-order chi connectivity index (χ0) is 19.4. The van der Waals surface area contributed by atoms with Gasteiger partial charge in [-0.25, -0.2) is 4.79 Å². The van der Waals surface area contributed by atoms with Crippen LogP contribution in [0, 0.1) is 0 Å². The Morgan fingerprint density at radius 2 is 2.00 bits per heavy atom. The largest absolute Gasteiger partial charge is 0.468 e. The van der Waals surface area contributed by atoms with Gasteiger partial charge in [0.2, 0.25) is 0 Å². The zero-order valence-corrected chi connectivity index (χ0v) is 16.6. The monoisotopic (exact) mass is 400 g/mol. The molecule has 0 saturated carbocycles. The molecule has 142 valence electrons. The summed E-state index contributed by atoms with van der Waals surface area (Å²) < 4.78 is 10.0. The third kappa shape index (κ3) is 4.20. The van der Waals surface area contributed by atoms with E-state index in [1.165, 1.54) is 7.11 Å². The number of benzene rings is 1. The van der Waals surface area contributed by atoms with Gasteiger partial charge in [0, 0.05) is 29.3 Å². The quantitative estimate of drug-likeness (QED) is 0.712. The Bertz CT molecular complexity index is 736. The van der Waals surface area contributed by atoms with E-state index in [-0.39, 0.29) is 5.91 Å². The van der Waals surface area contributed by atoms with E-state index in [0.29, 0.717) is 34.3 Å². The number of ether oxygens (including phenoxy) is 2. The van der Waals surface area contributed by atoms with E-state index in [9.17, 15) is 9.59 Å². The molecule has 1 aliphatic rings. The lowest BCUT2D eigenvalue weighted by Gasteiger charge is -2.30. The van der Waals surface area contributed by atoms with Gasteiger partial charge in [-0.3, -0.25) is 10.1 Å². The molecule has 2 rings (SSSR count). The van der Waals surface area contributed by atoms with Gasteiger partial charge in [0.15, 0.2) is 0 Å². The second-order valence-corrected chi connectivity index (χ2v) is 6.83. The van der Waals surface area contributed by atoms with Crippen molar-refractivity contribution in [3.63, 3.8) is 0 Å². The van der Waals surface area contributed by atoms with Crippen molar-refractivity contribution in [2.75, 3.05) is 27.4 Å². The molecule has 26 heavy (non-hydrogen) atoms. The number of halogens is 2. The van der Waals surface area contributed by atoms with Gasteiger partial charge < -0.3 is 14.4 Å². The minimum Gasteiger partial charge on any atom is -0.468 e. The Labute approximate surface area is 163 Å². The maximum Gasteiger partial charge on any atom is 0.327 e. The molecule has 1 N–H and O–H groups in total. The number of rotatable bonds is 7. The van der Waals surface area contributed by atoms with E-state index in [4.69, 9.17) is 32.7 Å². The van der Waals surface area contributed by atoms with E-state index in [2.05, 4.69) is 5.32 Å². The number of nitrogens with zero attached hydrogens (tertiary/aromatic N) is 1. The summed E-state index contributed by atoms with van der Waals surface area (Å²) in [5, 5.41) is 4.01. The first-order valence-corrected chi connectivity index (χ1v) is 8.83. The molecule has 0 spiro atoms. The highest BCUT2D eigenvalue weighted by molar-refractivity contribution is 6.35. The lowest BCUT2D eigenvalue weighted by atomic mass is 10.1. The van der Waals surface area contributed by atoms with Gasteiger partial charge in [0.25, 0.3) is 5.91 Å². The summed E-state index contributed by atoms with van der Waals surface area (Å²) in [5.74, 6) is -0.603. The van der Waals surface area contributed by atoms with Crippen LogP contribution in [0.1, 0.15) is 25.5 Å². The second-order valence-electron chi connectivity index (χ2n) is 5.99.